The van der Waals surface area contributed by atoms with E-state index in [1.54, 1.807) is 34.1 Å². The Kier molecular flexibility index (Phi) is 7.17. The van der Waals surface area contributed by atoms with Crippen molar-refractivity contribution in [2.24, 2.45) is 5.41 Å². The number of H-pyrrole nitrogens is 1. The number of halogens is 1. The van der Waals surface area contributed by atoms with Gasteiger partial charge in [-0.2, -0.15) is 0 Å². The maximum absolute atomic E-state index is 13.7. The van der Waals surface area contributed by atoms with Crippen molar-refractivity contribution in [1.29, 1.82) is 0 Å². The first-order valence-corrected chi connectivity index (χ1v) is 12.2. The maximum Gasteiger partial charge on any atom is 0.253 e. The average Bonchev–Trinajstić information content (AvgIpc) is 3.25. The quantitative estimate of drug-likeness (QED) is 0.564. The Hall–Kier alpha value is -3.32. The summed E-state index contributed by atoms with van der Waals surface area (Å²) in [6.45, 7) is 7.48. The molecule has 0 bridgehead atoms. The topological polar surface area (TPSA) is 85.5 Å². The van der Waals surface area contributed by atoms with Crippen molar-refractivity contribution in [1.82, 2.24) is 20.1 Å². The van der Waals surface area contributed by atoms with Gasteiger partial charge in [0.05, 0.1) is 10.6 Å². The third-order valence-electron chi connectivity index (χ3n) is 6.34. The normalized spacial score (nSPS) is 15.2. The summed E-state index contributed by atoms with van der Waals surface area (Å²) in [5, 5.41) is 4.27. The van der Waals surface area contributed by atoms with Crippen LogP contribution in [0.5, 0.6) is 0 Å². The highest BCUT2D eigenvalue weighted by molar-refractivity contribution is 6.33. The number of aromatic amines is 1. The van der Waals surface area contributed by atoms with Gasteiger partial charge in [-0.3, -0.25) is 14.4 Å². The van der Waals surface area contributed by atoms with Crippen molar-refractivity contribution in [3.8, 4) is 0 Å². The number of amides is 3. The average molecular weight is 495 g/mol. The lowest BCUT2D eigenvalue weighted by Gasteiger charge is -2.38. The van der Waals surface area contributed by atoms with E-state index in [1.807, 2.05) is 51.2 Å². The van der Waals surface area contributed by atoms with E-state index in [-0.39, 0.29) is 11.8 Å². The highest BCUT2D eigenvalue weighted by atomic mass is 35.5. The second-order valence-corrected chi connectivity index (χ2v) is 10.3. The first-order chi connectivity index (χ1) is 16.6. The molecule has 2 aromatic carbocycles. The number of carbonyl (C=O) groups is 3. The number of fused-ring (bicyclic) bond motifs is 1. The zero-order chi connectivity index (χ0) is 25.2. The van der Waals surface area contributed by atoms with Crippen LogP contribution in [0, 0.1) is 5.41 Å². The van der Waals surface area contributed by atoms with E-state index in [0.717, 1.165) is 16.5 Å². The van der Waals surface area contributed by atoms with Gasteiger partial charge in [0.2, 0.25) is 11.8 Å². The summed E-state index contributed by atoms with van der Waals surface area (Å²) in [5.41, 5.74) is 1.78. The molecule has 35 heavy (non-hydrogen) atoms. The van der Waals surface area contributed by atoms with Crippen molar-refractivity contribution in [2.75, 3.05) is 26.2 Å². The minimum atomic E-state index is -0.775. The number of benzene rings is 2. The summed E-state index contributed by atoms with van der Waals surface area (Å²) < 4.78 is 0. The Bertz CT molecular complexity index is 1240. The SMILES string of the molecule is CC(C)(C)C(=O)N1CCN(C(=O)C(Cc2c[nH]c3ccccc23)NC(=O)c2ccccc2Cl)CC1. The Balaban J connectivity index is 1.54. The molecule has 2 N–H and O–H groups in total. The van der Waals surface area contributed by atoms with E-state index in [1.165, 1.54) is 0 Å². The highest BCUT2D eigenvalue weighted by Crippen LogP contribution is 2.22. The molecule has 8 heteroatoms. The van der Waals surface area contributed by atoms with Crippen LogP contribution in [-0.4, -0.2) is 64.7 Å². The van der Waals surface area contributed by atoms with Crippen LogP contribution in [0.4, 0.5) is 0 Å². The number of hydrogen-bond acceptors (Lipinski definition) is 3. The molecule has 2 heterocycles. The van der Waals surface area contributed by atoms with Crippen LogP contribution in [-0.2, 0) is 16.0 Å². The Morgan fingerprint density at radius 2 is 1.60 bits per heavy atom. The maximum atomic E-state index is 13.7. The Morgan fingerprint density at radius 3 is 2.29 bits per heavy atom. The van der Waals surface area contributed by atoms with Gasteiger partial charge in [-0.05, 0) is 23.8 Å². The van der Waals surface area contributed by atoms with E-state index in [0.29, 0.717) is 43.2 Å². The number of piperazine rings is 1. The lowest BCUT2D eigenvalue weighted by molar-refractivity contribution is -0.145. The molecule has 184 valence electrons. The fourth-order valence-electron chi connectivity index (χ4n) is 4.43. The van der Waals surface area contributed by atoms with Gasteiger partial charge < -0.3 is 20.1 Å². The van der Waals surface area contributed by atoms with Crippen LogP contribution >= 0.6 is 11.6 Å². The number of rotatable bonds is 5. The number of para-hydroxylation sites is 1. The monoisotopic (exact) mass is 494 g/mol. The predicted octanol–water partition coefficient (Wildman–Crippen LogP) is 3.88. The van der Waals surface area contributed by atoms with Crippen LogP contribution in [0.2, 0.25) is 5.02 Å². The molecule has 7 nitrogen and oxygen atoms in total. The van der Waals surface area contributed by atoms with Gasteiger partial charge in [0.15, 0.2) is 0 Å². The van der Waals surface area contributed by atoms with E-state index in [4.69, 9.17) is 11.6 Å². The fraction of sp³-hybridized carbons (Fsp3) is 0.370. The molecule has 1 aliphatic heterocycles. The van der Waals surface area contributed by atoms with Gasteiger partial charge in [-0.1, -0.05) is 62.7 Å². The van der Waals surface area contributed by atoms with E-state index in [2.05, 4.69) is 10.3 Å². The van der Waals surface area contributed by atoms with Gasteiger partial charge in [-0.15, -0.1) is 0 Å². The third-order valence-corrected chi connectivity index (χ3v) is 6.67. The summed E-state index contributed by atoms with van der Waals surface area (Å²) in [4.78, 5) is 46.2. The van der Waals surface area contributed by atoms with Crippen LogP contribution in [0.15, 0.2) is 54.7 Å². The molecule has 3 amide bonds. The number of carbonyl (C=O) groups excluding carboxylic acids is 3. The van der Waals surface area contributed by atoms with Crippen molar-refractivity contribution in [3.63, 3.8) is 0 Å². The number of aromatic nitrogens is 1. The van der Waals surface area contributed by atoms with Crippen LogP contribution < -0.4 is 5.32 Å². The fourth-order valence-corrected chi connectivity index (χ4v) is 4.65. The minimum Gasteiger partial charge on any atom is -0.361 e. The van der Waals surface area contributed by atoms with Gasteiger partial charge >= 0.3 is 0 Å². The lowest BCUT2D eigenvalue weighted by atomic mass is 9.94. The first-order valence-electron chi connectivity index (χ1n) is 11.8. The van der Waals surface area contributed by atoms with Crippen molar-refractivity contribution < 1.29 is 14.4 Å². The molecule has 0 saturated carbocycles. The van der Waals surface area contributed by atoms with Crippen LogP contribution in [0.1, 0.15) is 36.7 Å². The molecule has 1 fully saturated rings. The van der Waals surface area contributed by atoms with E-state index < -0.39 is 17.4 Å². The number of nitrogens with zero attached hydrogens (tertiary/aromatic N) is 2. The van der Waals surface area contributed by atoms with Crippen molar-refractivity contribution in [2.45, 2.75) is 33.2 Å². The predicted molar refractivity (Wildman–Crippen MR) is 137 cm³/mol. The van der Waals surface area contributed by atoms with Crippen molar-refractivity contribution in [3.05, 3.63) is 70.9 Å². The summed E-state index contributed by atoms with van der Waals surface area (Å²) in [5.74, 6) is -0.485. The zero-order valence-corrected chi connectivity index (χ0v) is 21.1. The van der Waals surface area contributed by atoms with Gasteiger partial charge in [-0.25, -0.2) is 0 Å². The molecule has 0 aliphatic carbocycles. The second kappa shape index (κ2) is 10.1. The van der Waals surface area contributed by atoms with Gasteiger partial charge in [0, 0.05) is 55.1 Å². The standard InChI is InChI=1S/C27H31ClN4O3/c1-27(2,3)26(35)32-14-12-31(13-15-32)25(34)23(30-24(33)20-9-4-6-10-21(20)28)16-18-17-29-22-11-7-5-8-19(18)22/h4-11,17,23,29H,12-16H2,1-3H3,(H,30,33). The molecule has 1 saturated heterocycles. The summed E-state index contributed by atoms with van der Waals surface area (Å²) >= 11 is 6.24. The molecule has 0 radical (unpaired) electrons. The van der Waals surface area contributed by atoms with Crippen molar-refractivity contribution >= 4 is 40.2 Å². The molecule has 1 aliphatic rings. The van der Waals surface area contributed by atoms with Gasteiger partial charge in [0.1, 0.15) is 6.04 Å². The smallest absolute Gasteiger partial charge is 0.253 e. The second-order valence-electron chi connectivity index (χ2n) is 9.94. The zero-order valence-electron chi connectivity index (χ0n) is 20.3. The summed E-state index contributed by atoms with van der Waals surface area (Å²) in [7, 11) is 0. The van der Waals surface area contributed by atoms with E-state index in [9.17, 15) is 14.4 Å². The van der Waals surface area contributed by atoms with Crippen LogP contribution in [0.25, 0.3) is 10.9 Å². The molecule has 0 spiro atoms. The summed E-state index contributed by atoms with van der Waals surface area (Å²) in [6, 6.07) is 13.9. The molecular weight excluding hydrogens is 464 g/mol. The molecule has 4 rings (SSSR count). The number of nitrogens with one attached hydrogen (secondary N) is 2. The molecular formula is C27H31ClN4O3. The molecule has 1 atom stereocenters. The molecule has 1 unspecified atom stereocenters. The number of hydrogen-bond donors (Lipinski definition) is 2. The van der Waals surface area contributed by atoms with Gasteiger partial charge in [0.25, 0.3) is 5.91 Å². The Morgan fingerprint density at radius 1 is 0.971 bits per heavy atom. The highest BCUT2D eigenvalue weighted by Gasteiger charge is 2.34. The van der Waals surface area contributed by atoms with Crippen LogP contribution in [0.3, 0.4) is 0 Å². The molecule has 3 aromatic rings. The Labute approximate surface area is 210 Å². The first kappa shape index (κ1) is 24.8. The minimum absolute atomic E-state index is 0.0759. The lowest BCUT2D eigenvalue weighted by Crippen LogP contribution is -2.57. The molecule has 1 aromatic heterocycles. The van der Waals surface area contributed by atoms with E-state index >= 15 is 0 Å². The third kappa shape index (κ3) is 5.51. The largest absolute Gasteiger partial charge is 0.361 e. The summed E-state index contributed by atoms with van der Waals surface area (Å²) in [6.07, 6.45) is 2.21.